The van der Waals surface area contributed by atoms with Crippen LogP contribution in [0, 0.1) is 0 Å². The summed E-state index contributed by atoms with van der Waals surface area (Å²) >= 11 is 0. The van der Waals surface area contributed by atoms with E-state index in [-0.39, 0.29) is 21.1 Å². The van der Waals surface area contributed by atoms with E-state index in [0.29, 0.717) is 0 Å². The lowest BCUT2D eigenvalue weighted by Gasteiger charge is -2.07. The van der Waals surface area contributed by atoms with Crippen molar-refractivity contribution in [2.24, 2.45) is 5.73 Å². The third kappa shape index (κ3) is 1.20. The van der Waals surface area contributed by atoms with Crippen LogP contribution in [0.25, 0.3) is 10.8 Å². The van der Waals surface area contributed by atoms with Crippen LogP contribution in [0.3, 0.4) is 0 Å². The largest absolute Gasteiger partial charge is 0.492 e. The van der Waals surface area contributed by atoms with E-state index in [1.807, 2.05) is 0 Å². The number of hydrogen-bond acceptors (Lipinski definition) is 4. The van der Waals surface area contributed by atoms with Gasteiger partial charge in [-0.05, 0) is 6.07 Å². The van der Waals surface area contributed by atoms with Crippen LogP contribution >= 0.6 is 0 Å². The number of pyridine rings is 1. The summed E-state index contributed by atoms with van der Waals surface area (Å²) in [5.41, 5.74) is 3.99. The number of carbonyl (C=O) groups excluding carboxylic acids is 1. The Morgan fingerprint density at radius 3 is 2.38 bits per heavy atom. The van der Waals surface area contributed by atoms with Gasteiger partial charge in [0.2, 0.25) is 5.88 Å². The minimum absolute atomic E-state index is 0.00241. The summed E-state index contributed by atoms with van der Waals surface area (Å²) < 4.78 is 0.00241. The summed E-state index contributed by atoms with van der Waals surface area (Å²) in [6.45, 7) is 0. The number of benzene rings is 1. The standard InChI is InChI=1S/C10H8N2O4/c11-8(13)7-5-3-1-2-4-6(5)9(14)12(16)10(7)15/h1-4,15-16H,(H2,11,13). The van der Waals surface area contributed by atoms with Crippen LogP contribution < -0.4 is 11.3 Å². The molecule has 1 aromatic carbocycles. The van der Waals surface area contributed by atoms with Gasteiger partial charge in [-0.1, -0.05) is 18.2 Å². The molecule has 0 aliphatic carbocycles. The second-order valence-electron chi connectivity index (χ2n) is 3.23. The molecule has 0 saturated heterocycles. The predicted octanol–water partition coefficient (Wildman–Crippen LogP) is 0.0433. The molecule has 0 radical (unpaired) electrons. The fraction of sp³-hybridized carbons (Fsp3) is 0. The van der Waals surface area contributed by atoms with Crippen LogP contribution in [0.5, 0.6) is 5.88 Å². The highest BCUT2D eigenvalue weighted by atomic mass is 16.5. The van der Waals surface area contributed by atoms with Gasteiger partial charge in [0.25, 0.3) is 11.5 Å². The molecule has 0 aliphatic heterocycles. The Kier molecular flexibility index (Phi) is 2.05. The topological polar surface area (TPSA) is 106 Å². The van der Waals surface area contributed by atoms with Crippen LogP contribution in [0.1, 0.15) is 10.4 Å². The number of hydrogen-bond donors (Lipinski definition) is 3. The van der Waals surface area contributed by atoms with Gasteiger partial charge in [0.05, 0.1) is 5.39 Å². The van der Waals surface area contributed by atoms with Crippen LogP contribution in [0.15, 0.2) is 29.1 Å². The van der Waals surface area contributed by atoms with Crippen molar-refractivity contribution in [1.29, 1.82) is 0 Å². The molecule has 1 aromatic heterocycles. The zero-order valence-corrected chi connectivity index (χ0v) is 8.04. The van der Waals surface area contributed by atoms with Gasteiger partial charge < -0.3 is 16.0 Å². The van der Waals surface area contributed by atoms with Gasteiger partial charge in [0, 0.05) is 5.39 Å². The number of nitrogens with two attached hydrogens (primary N) is 1. The zero-order chi connectivity index (χ0) is 11.9. The first kappa shape index (κ1) is 10.0. The molecule has 82 valence electrons. The summed E-state index contributed by atoms with van der Waals surface area (Å²) in [6.07, 6.45) is 0. The van der Waals surface area contributed by atoms with E-state index in [2.05, 4.69) is 0 Å². The van der Waals surface area contributed by atoms with E-state index in [4.69, 9.17) is 5.73 Å². The van der Waals surface area contributed by atoms with Gasteiger partial charge in [-0.25, -0.2) is 0 Å². The molecule has 6 nitrogen and oxygen atoms in total. The van der Waals surface area contributed by atoms with E-state index in [1.165, 1.54) is 12.1 Å². The molecule has 16 heavy (non-hydrogen) atoms. The molecule has 0 spiro atoms. The number of rotatable bonds is 1. The first-order valence-electron chi connectivity index (χ1n) is 4.40. The molecule has 0 unspecified atom stereocenters. The molecule has 4 N–H and O–H groups in total. The number of nitrogens with zero attached hydrogens (tertiary/aromatic N) is 1. The number of carbonyl (C=O) groups is 1. The highest BCUT2D eigenvalue weighted by Crippen LogP contribution is 2.22. The molecule has 6 heteroatoms. The van der Waals surface area contributed by atoms with Crippen molar-refractivity contribution in [2.45, 2.75) is 0 Å². The van der Waals surface area contributed by atoms with Crippen LogP contribution in [-0.2, 0) is 0 Å². The normalized spacial score (nSPS) is 10.5. The lowest BCUT2D eigenvalue weighted by molar-refractivity contribution is 0.0983. The smallest absolute Gasteiger partial charge is 0.294 e. The van der Waals surface area contributed by atoms with Crippen LogP contribution in [0.2, 0.25) is 0 Å². The molecule has 1 amide bonds. The molecular weight excluding hydrogens is 212 g/mol. The second-order valence-corrected chi connectivity index (χ2v) is 3.23. The molecule has 2 rings (SSSR count). The molecule has 1 heterocycles. The Balaban J connectivity index is 3.10. The summed E-state index contributed by atoms with van der Waals surface area (Å²) in [4.78, 5) is 22.7. The molecule has 0 aliphatic rings. The van der Waals surface area contributed by atoms with Gasteiger partial charge in [0.15, 0.2) is 0 Å². The molecule has 0 bridgehead atoms. The molecular formula is C10H8N2O4. The maximum absolute atomic E-state index is 11.5. The van der Waals surface area contributed by atoms with E-state index < -0.39 is 17.3 Å². The second kappa shape index (κ2) is 3.27. The Bertz CT molecular complexity index is 645. The van der Waals surface area contributed by atoms with E-state index >= 15 is 0 Å². The average Bonchev–Trinajstić information content (AvgIpc) is 2.26. The van der Waals surface area contributed by atoms with Crippen molar-refractivity contribution < 1.29 is 15.1 Å². The maximum Gasteiger partial charge on any atom is 0.294 e. The van der Waals surface area contributed by atoms with Gasteiger partial charge in [-0.2, -0.15) is 0 Å². The predicted molar refractivity (Wildman–Crippen MR) is 55.6 cm³/mol. The lowest BCUT2D eigenvalue weighted by atomic mass is 10.1. The van der Waals surface area contributed by atoms with E-state index in [9.17, 15) is 19.9 Å². The number of aromatic hydroxyl groups is 1. The lowest BCUT2D eigenvalue weighted by Crippen LogP contribution is -2.23. The average molecular weight is 220 g/mol. The van der Waals surface area contributed by atoms with Crippen LogP contribution in [-0.4, -0.2) is 21.0 Å². The Labute approximate surface area is 89.1 Å². The van der Waals surface area contributed by atoms with Crippen LogP contribution in [0.4, 0.5) is 0 Å². The minimum atomic E-state index is -0.920. The van der Waals surface area contributed by atoms with Gasteiger partial charge in [-0.3, -0.25) is 9.59 Å². The third-order valence-corrected chi connectivity index (χ3v) is 2.29. The van der Waals surface area contributed by atoms with Crippen molar-refractivity contribution in [2.75, 3.05) is 0 Å². The first-order valence-corrected chi connectivity index (χ1v) is 4.40. The quantitative estimate of drug-likeness (QED) is 0.590. The minimum Gasteiger partial charge on any atom is -0.492 e. The maximum atomic E-state index is 11.5. The third-order valence-electron chi connectivity index (χ3n) is 2.29. The van der Waals surface area contributed by atoms with Crippen molar-refractivity contribution in [3.63, 3.8) is 0 Å². The Morgan fingerprint density at radius 1 is 1.25 bits per heavy atom. The van der Waals surface area contributed by atoms with Crippen molar-refractivity contribution in [1.82, 2.24) is 4.73 Å². The Hall–Kier alpha value is -2.50. The summed E-state index contributed by atoms with van der Waals surface area (Å²) in [5, 5.41) is 19.1. The molecule has 0 atom stereocenters. The fourth-order valence-electron chi connectivity index (χ4n) is 1.57. The van der Waals surface area contributed by atoms with Crippen molar-refractivity contribution >= 4 is 16.7 Å². The molecule has 2 aromatic rings. The Morgan fingerprint density at radius 2 is 1.81 bits per heavy atom. The van der Waals surface area contributed by atoms with Gasteiger partial charge in [-0.15, -0.1) is 4.73 Å². The van der Waals surface area contributed by atoms with Gasteiger partial charge >= 0.3 is 0 Å². The van der Waals surface area contributed by atoms with Crippen molar-refractivity contribution in [3.8, 4) is 5.88 Å². The number of amides is 1. The number of fused-ring (bicyclic) bond motifs is 1. The highest BCUT2D eigenvalue weighted by Gasteiger charge is 2.18. The number of aromatic nitrogens is 1. The first-order chi connectivity index (χ1) is 7.54. The number of primary amides is 1. The highest BCUT2D eigenvalue weighted by molar-refractivity contribution is 6.07. The zero-order valence-electron chi connectivity index (χ0n) is 8.04. The fourth-order valence-corrected chi connectivity index (χ4v) is 1.57. The molecule has 0 fully saturated rings. The SMILES string of the molecule is NC(=O)c1c(O)n(O)c(=O)c2ccccc12. The van der Waals surface area contributed by atoms with E-state index in [1.54, 1.807) is 12.1 Å². The summed E-state index contributed by atoms with van der Waals surface area (Å²) in [7, 11) is 0. The van der Waals surface area contributed by atoms with Gasteiger partial charge in [0.1, 0.15) is 5.56 Å². The monoisotopic (exact) mass is 220 g/mol. The van der Waals surface area contributed by atoms with E-state index in [0.717, 1.165) is 0 Å². The summed E-state index contributed by atoms with van der Waals surface area (Å²) in [5.74, 6) is -1.77. The van der Waals surface area contributed by atoms with Crippen molar-refractivity contribution in [3.05, 3.63) is 40.2 Å². The molecule has 0 saturated carbocycles. The summed E-state index contributed by atoms with van der Waals surface area (Å²) in [6, 6.07) is 6.06.